The Labute approximate surface area is 141 Å². The zero-order valence-electron chi connectivity index (χ0n) is 12.6. The number of carbonyl (C=O) groups is 1. The van der Waals surface area contributed by atoms with Crippen LogP contribution in [0.15, 0.2) is 0 Å². The summed E-state index contributed by atoms with van der Waals surface area (Å²) in [4.78, 5) is 45.9. The third-order valence-electron chi connectivity index (χ3n) is 2.74. The van der Waals surface area contributed by atoms with Crippen molar-refractivity contribution in [2.75, 3.05) is 26.0 Å². The van der Waals surface area contributed by atoms with Crippen molar-refractivity contribution < 1.29 is 63.6 Å². The van der Waals surface area contributed by atoms with E-state index in [1.807, 2.05) is 0 Å². The van der Waals surface area contributed by atoms with E-state index in [4.69, 9.17) is 24.7 Å². The molecule has 0 saturated carbocycles. The Balaban J connectivity index is 4.80. The predicted molar refractivity (Wildman–Crippen MR) is 78.1 cm³/mol. The Morgan fingerprint density at radius 3 is 1.84 bits per heavy atom. The molecular weight excluding hydrogens is 392 g/mol. The number of aliphatic hydroxyl groups excluding tert-OH is 4. The van der Waals surface area contributed by atoms with Crippen molar-refractivity contribution in [3.63, 3.8) is 0 Å². The molecule has 25 heavy (non-hydrogen) atoms. The van der Waals surface area contributed by atoms with Crippen molar-refractivity contribution in [1.29, 1.82) is 0 Å². The lowest BCUT2D eigenvalue weighted by molar-refractivity contribution is -0.140. The van der Waals surface area contributed by atoms with Crippen LogP contribution >= 0.6 is 15.4 Å². The number of hydrogen-bond donors (Lipinski definition) is 9. The second kappa shape index (κ2) is 10.0. The van der Waals surface area contributed by atoms with Gasteiger partial charge in [0.05, 0.1) is 19.3 Å². The number of carboxylic acid groups (broad SMARTS) is 1. The standard InChI is InChI=1S/C9H21NO13P2/c11-5(1-10(2-7(13)14)4-24(17,18)19)8(15)9(16)6(12)3-23-25(20,21)22/h5-6,8-9,11-12,15-16H,1-4H2,(H,13,14)(H2,17,18,19)(H2,20,21,22)/t5-,6-,8-,9-/m1/s1. The van der Waals surface area contributed by atoms with Gasteiger partial charge in [-0.1, -0.05) is 0 Å². The van der Waals surface area contributed by atoms with E-state index in [0.717, 1.165) is 0 Å². The molecule has 0 aliphatic heterocycles. The van der Waals surface area contributed by atoms with Gasteiger partial charge in [0.25, 0.3) is 0 Å². The molecule has 0 rings (SSSR count). The van der Waals surface area contributed by atoms with Gasteiger partial charge >= 0.3 is 21.4 Å². The van der Waals surface area contributed by atoms with Gasteiger partial charge in [-0.05, 0) is 0 Å². The molecule has 16 heteroatoms. The molecule has 0 radical (unpaired) electrons. The van der Waals surface area contributed by atoms with Crippen LogP contribution in [0, 0.1) is 0 Å². The van der Waals surface area contributed by atoms with Crippen molar-refractivity contribution in [1.82, 2.24) is 4.90 Å². The quantitative estimate of drug-likeness (QED) is 0.139. The number of rotatable bonds is 12. The van der Waals surface area contributed by atoms with Crippen molar-refractivity contribution in [2.45, 2.75) is 24.4 Å². The van der Waals surface area contributed by atoms with E-state index in [0.29, 0.717) is 4.90 Å². The Hall–Kier alpha value is -0.470. The van der Waals surface area contributed by atoms with Crippen LogP contribution in [0.1, 0.15) is 0 Å². The Morgan fingerprint density at radius 1 is 0.960 bits per heavy atom. The molecule has 0 unspecified atom stereocenters. The molecule has 0 amide bonds. The van der Waals surface area contributed by atoms with Crippen molar-refractivity contribution in [2.24, 2.45) is 0 Å². The normalized spacial score (nSPS) is 18.0. The van der Waals surface area contributed by atoms with Gasteiger partial charge in [-0.25, -0.2) is 4.57 Å². The Kier molecular flexibility index (Phi) is 9.83. The van der Waals surface area contributed by atoms with E-state index < -0.39 is 71.8 Å². The maximum Gasteiger partial charge on any atom is 0.469 e. The highest BCUT2D eigenvalue weighted by Crippen LogP contribution is 2.36. The van der Waals surface area contributed by atoms with Crippen LogP contribution in [0.2, 0.25) is 0 Å². The molecule has 150 valence electrons. The molecular formula is C9H21NO13P2. The van der Waals surface area contributed by atoms with E-state index in [9.17, 15) is 34.4 Å². The smallest absolute Gasteiger partial charge is 0.469 e. The van der Waals surface area contributed by atoms with Gasteiger partial charge in [0, 0.05) is 6.54 Å². The highest BCUT2D eigenvalue weighted by Gasteiger charge is 2.34. The van der Waals surface area contributed by atoms with Gasteiger partial charge in [0.2, 0.25) is 0 Å². The van der Waals surface area contributed by atoms with Gasteiger partial charge in [-0.2, -0.15) is 0 Å². The van der Waals surface area contributed by atoms with Crippen LogP contribution in [0.3, 0.4) is 0 Å². The monoisotopic (exact) mass is 413 g/mol. The molecule has 0 aromatic rings. The molecule has 0 aromatic heterocycles. The molecule has 0 heterocycles. The first-order chi connectivity index (χ1) is 11.1. The summed E-state index contributed by atoms with van der Waals surface area (Å²) < 4.78 is 25.3. The molecule has 14 nitrogen and oxygen atoms in total. The van der Waals surface area contributed by atoms with Crippen molar-refractivity contribution in [3.8, 4) is 0 Å². The third-order valence-corrected chi connectivity index (χ3v) is 3.99. The van der Waals surface area contributed by atoms with Gasteiger partial charge in [0.15, 0.2) is 0 Å². The van der Waals surface area contributed by atoms with E-state index in [1.165, 1.54) is 0 Å². The van der Waals surface area contributed by atoms with Gasteiger partial charge in [-0.15, -0.1) is 0 Å². The molecule has 0 saturated heterocycles. The van der Waals surface area contributed by atoms with Crippen LogP contribution in [-0.2, 0) is 18.4 Å². The fourth-order valence-electron chi connectivity index (χ4n) is 1.72. The molecule has 0 aliphatic carbocycles. The van der Waals surface area contributed by atoms with Gasteiger partial charge in [-0.3, -0.25) is 18.8 Å². The Morgan fingerprint density at radius 2 is 1.44 bits per heavy atom. The summed E-state index contributed by atoms with van der Waals surface area (Å²) in [6, 6.07) is 0. The topological polar surface area (TPSA) is 246 Å². The maximum absolute atomic E-state index is 10.9. The number of phosphoric acid groups is 1. The molecule has 0 bridgehead atoms. The largest absolute Gasteiger partial charge is 0.480 e. The summed E-state index contributed by atoms with van der Waals surface area (Å²) in [5, 5.41) is 47.1. The highest BCUT2D eigenvalue weighted by molar-refractivity contribution is 7.51. The number of aliphatic hydroxyl groups is 4. The van der Waals surface area contributed by atoms with Gasteiger partial charge < -0.3 is 45.1 Å². The van der Waals surface area contributed by atoms with Crippen molar-refractivity contribution >= 4 is 21.4 Å². The first kappa shape index (κ1) is 24.5. The first-order valence-corrected chi connectivity index (χ1v) is 9.86. The van der Waals surface area contributed by atoms with E-state index >= 15 is 0 Å². The number of aliphatic carboxylic acids is 1. The molecule has 0 spiro atoms. The third kappa shape index (κ3) is 11.7. The van der Waals surface area contributed by atoms with E-state index in [2.05, 4.69) is 4.52 Å². The first-order valence-electron chi connectivity index (χ1n) is 6.53. The predicted octanol–water partition coefficient (Wildman–Crippen LogP) is -3.94. The van der Waals surface area contributed by atoms with Crippen LogP contribution in [0.5, 0.6) is 0 Å². The number of hydrogen-bond acceptors (Lipinski definition) is 9. The second-order valence-electron chi connectivity index (χ2n) is 5.11. The number of phosphoric ester groups is 1. The maximum atomic E-state index is 10.9. The fourth-order valence-corrected chi connectivity index (χ4v) is 2.81. The molecule has 0 aromatic carbocycles. The SMILES string of the molecule is O=C(O)CN(C[C@@H](O)[C@@H](O)[C@H](O)[C@H](O)COP(=O)(O)O)CP(=O)(O)O. The lowest BCUT2D eigenvalue weighted by Gasteiger charge is -2.30. The minimum Gasteiger partial charge on any atom is -0.480 e. The summed E-state index contributed by atoms with van der Waals surface area (Å²) in [6.07, 6.45) is -9.31. The van der Waals surface area contributed by atoms with E-state index in [1.54, 1.807) is 0 Å². The lowest BCUT2D eigenvalue weighted by atomic mass is 10.0. The fraction of sp³-hybridized carbons (Fsp3) is 0.889. The van der Waals surface area contributed by atoms with Crippen LogP contribution in [0.25, 0.3) is 0 Å². The number of carboxylic acids is 1. The van der Waals surface area contributed by atoms with Crippen LogP contribution in [-0.4, -0.2) is 106 Å². The zero-order valence-corrected chi connectivity index (χ0v) is 14.4. The Bertz CT molecular complexity index is 518. The summed E-state index contributed by atoms with van der Waals surface area (Å²) >= 11 is 0. The van der Waals surface area contributed by atoms with Gasteiger partial charge in [0.1, 0.15) is 24.6 Å². The minimum absolute atomic E-state index is 0.599. The molecule has 9 N–H and O–H groups in total. The van der Waals surface area contributed by atoms with Crippen molar-refractivity contribution in [3.05, 3.63) is 0 Å². The zero-order chi connectivity index (χ0) is 20.0. The molecule has 0 fully saturated rings. The highest BCUT2D eigenvalue weighted by atomic mass is 31.2. The summed E-state index contributed by atoms with van der Waals surface area (Å²) in [6.45, 7) is -2.77. The number of nitrogens with zero attached hydrogens (tertiary/aromatic N) is 1. The minimum atomic E-state index is -4.95. The van der Waals surface area contributed by atoms with Crippen LogP contribution < -0.4 is 0 Å². The average molecular weight is 413 g/mol. The second-order valence-corrected chi connectivity index (χ2v) is 7.97. The molecule has 4 atom stereocenters. The lowest BCUT2D eigenvalue weighted by Crippen LogP contribution is -2.50. The van der Waals surface area contributed by atoms with Crippen LogP contribution in [0.4, 0.5) is 0 Å². The van der Waals surface area contributed by atoms with E-state index in [-0.39, 0.29) is 0 Å². The summed E-state index contributed by atoms with van der Waals surface area (Å²) in [7, 11) is -9.64. The summed E-state index contributed by atoms with van der Waals surface area (Å²) in [5.41, 5.74) is 0. The average Bonchev–Trinajstić information content (AvgIpc) is 2.39. The molecule has 0 aliphatic rings. The summed E-state index contributed by atoms with van der Waals surface area (Å²) in [5.74, 6) is -1.48.